The van der Waals surface area contributed by atoms with Gasteiger partial charge in [-0.3, -0.25) is 0 Å². The van der Waals surface area contributed by atoms with Crippen LogP contribution in [0.5, 0.6) is 0 Å². The molecule has 0 rings (SSSR count). The molecule has 0 bridgehead atoms. The lowest BCUT2D eigenvalue weighted by Gasteiger charge is -2.22. The van der Waals surface area contributed by atoms with Gasteiger partial charge in [0, 0.05) is 5.75 Å². The van der Waals surface area contributed by atoms with Gasteiger partial charge in [0.1, 0.15) is 11.6 Å². The van der Waals surface area contributed by atoms with Crippen LogP contribution in [0, 0.1) is 17.8 Å². The number of carbonyl (C=O) groups excluding carboxylic acids is 1. The lowest BCUT2D eigenvalue weighted by atomic mass is 9.93. The molecule has 0 aromatic carbocycles. The highest BCUT2D eigenvalue weighted by atomic mass is 32.2. The van der Waals surface area contributed by atoms with Crippen LogP contribution >= 0.6 is 11.8 Å². The normalized spacial score (nSPS) is 16.0. The van der Waals surface area contributed by atoms with Gasteiger partial charge in [-0.1, -0.05) is 66.2 Å². The van der Waals surface area contributed by atoms with E-state index >= 15 is 0 Å². The molecule has 0 heterocycles. The van der Waals surface area contributed by atoms with Gasteiger partial charge < -0.3 is 15.2 Å². The number of amides is 1. The Morgan fingerprint density at radius 2 is 1.45 bits per heavy atom. The zero-order valence-corrected chi connectivity index (χ0v) is 20.6. The number of carboxylic acid groups (broad SMARTS) is 1. The van der Waals surface area contributed by atoms with Crippen LogP contribution < -0.4 is 5.32 Å². The molecule has 1 amide bonds. The first-order valence-corrected chi connectivity index (χ1v) is 12.4. The Labute approximate surface area is 183 Å². The van der Waals surface area contributed by atoms with Gasteiger partial charge in [-0.25, -0.2) is 9.59 Å². The van der Waals surface area contributed by atoms with E-state index in [1.807, 2.05) is 0 Å². The highest BCUT2D eigenvalue weighted by Crippen LogP contribution is 2.22. The molecule has 5 nitrogen and oxygen atoms in total. The summed E-state index contributed by atoms with van der Waals surface area (Å²) in [5, 5.41) is 11.8. The van der Waals surface area contributed by atoms with Crippen molar-refractivity contribution in [3.05, 3.63) is 0 Å². The van der Waals surface area contributed by atoms with Crippen molar-refractivity contribution < 1.29 is 19.4 Å². The summed E-state index contributed by atoms with van der Waals surface area (Å²) in [6.07, 6.45) is 8.27. The number of carboxylic acids is 1. The first kappa shape index (κ1) is 28.1. The van der Waals surface area contributed by atoms with Crippen molar-refractivity contribution >= 4 is 23.8 Å². The number of rotatable bonds is 15. The zero-order chi connectivity index (χ0) is 22.4. The third kappa shape index (κ3) is 16.6. The van der Waals surface area contributed by atoms with Crippen molar-refractivity contribution in [2.45, 2.75) is 105 Å². The quantitative estimate of drug-likeness (QED) is 0.316. The van der Waals surface area contributed by atoms with E-state index in [4.69, 9.17) is 4.74 Å². The van der Waals surface area contributed by atoms with E-state index in [-0.39, 0.29) is 0 Å². The van der Waals surface area contributed by atoms with E-state index in [1.165, 1.54) is 44.9 Å². The predicted octanol–water partition coefficient (Wildman–Crippen LogP) is 6.36. The Morgan fingerprint density at radius 1 is 0.931 bits per heavy atom. The number of ether oxygens (including phenoxy) is 1. The van der Waals surface area contributed by atoms with E-state index in [1.54, 1.807) is 32.5 Å². The predicted molar refractivity (Wildman–Crippen MR) is 124 cm³/mol. The maximum atomic E-state index is 11.8. The second kappa shape index (κ2) is 15.0. The summed E-state index contributed by atoms with van der Waals surface area (Å²) in [6.45, 7) is 14.4. The minimum absolute atomic E-state index is 0.352. The Balaban J connectivity index is 4.00. The number of thioether (sulfide) groups is 1. The fourth-order valence-electron chi connectivity index (χ4n) is 3.07. The lowest BCUT2D eigenvalue weighted by Crippen LogP contribution is -2.45. The van der Waals surface area contributed by atoms with Crippen LogP contribution in [0.3, 0.4) is 0 Å². The van der Waals surface area contributed by atoms with Gasteiger partial charge in [0.25, 0.3) is 0 Å². The standard InChI is InChI=1S/C23H45NO4S/c1-8-17(2)11-9-12-18(3)13-10-14-19(4)15-29-16-20(21(25)26)24-22(27)28-23(5,6)7/h17-20H,8-16H2,1-7H3,(H,24,27)(H,25,26)/t17?,18?,19?,20-/m0/s1. The maximum Gasteiger partial charge on any atom is 0.408 e. The number of hydrogen-bond donors (Lipinski definition) is 2. The van der Waals surface area contributed by atoms with E-state index in [9.17, 15) is 14.7 Å². The summed E-state index contributed by atoms with van der Waals surface area (Å²) in [5.74, 6) is 2.41. The van der Waals surface area contributed by atoms with Crippen molar-refractivity contribution in [3.8, 4) is 0 Å². The molecule has 0 aliphatic rings. The van der Waals surface area contributed by atoms with Gasteiger partial charge in [0.05, 0.1) is 0 Å². The summed E-state index contributed by atoms with van der Waals surface area (Å²) in [7, 11) is 0. The van der Waals surface area contributed by atoms with E-state index in [0.29, 0.717) is 11.7 Å². The molecule has 172 valence electrons. The lowest BCUT2D eigenvalue weighted by molar-refractivity contribution is -0.138. The molecule has 4 atom stereocenters. The Hall–Kier alpha value is -0.910. The molecule has 2 N–H and O–H groups in total. The monoisotopic (exact) mass is 431 g/mol. The van der Waals surface area contributed by atoms with Crippen LogP contribution in [0.1, 0.15) is 93.4 Å². The third-order valence-corrected chi connectivity index (χ3v) is 6.53. The number of hydrogen-bond acceptors (Lipinski definition) is 4. The first-order valence-electron chi connectivity index (χ1n) is 11.2. The fourth-order valence-corrected chi connectivity index (χ4v) is 4.24. The maximum absolute atomic E-state index is 11.8. The SMILES string of the molecule is CCC(C)CCCC(C)CCCC(C)CSC[C@H](NC(=O)OC(C)(C)C)C(=O)O. The molecule has 0 saturated carbocycles. The van der Waals surface area contributed by atoms with E-state index < -0.39 is 23.7 Å². The molecule has 0 spiro atoms. The number of aliphatic carboxylic acids is 1. The minimum atomic E-state index is -1.03. The Morgan fingerprint density at radius 3 is 1.93 bits per heavy atom. The van der Waals surface area contributed by atoms with Crippen LogP contribution in [0.15, 0.2) is 0 Å². The third-order valence-electron chi connectivity index (χ3n) is 5.16. The summed E-state index contributed by atoms with van der Waals surface area (Å²) in [6, 6.07) is -0.924. The second-order valence-corrected chi connectivity index (χ2v) is 10.7. The summed E-state index contributed by atoms with van der Waals surface area (Å²) in [5.41, 5.74) is -0.639. The Kier molecular flexibility index (Phi) is 14.5. The van der Waals surface area contributed by atoms with Crippen LogP contribution in [0.2, 0.25) is 0 Å². The molecule has 6 heteroatoms. The van der Waals surface area contributed by atoms with Crippen molar-refractivity contribution in [1.82, 2.24) is 5.32 Å². The number of nitrogens with one attached hydrogen (secondary N) is 1. The second-order valence-electron chi connectivity index (χ2n) is 9.66. The van der Waals surface area contributed by atoms with Gasteiger partial charge in [-0.15, -0.1) is 0 Å². The molecule has 0 aromatic heterocycles. The zero-order valence-electron chi connectivity index (χ0n) is 19.8. The first-order chi connectivity index (χ1) is 13.4. The van der Waals surface area contributed by atoms with Gasteiger partial charge in [0.2, 0.25) is 0 Å². The highest BCUT2D eigenvalue weighted by Gasteiger charge is 2.24. The van der Waals surface area contributed by atoms with Crippen LogP contribution in [0.4, 0.5) is 4.79 Å². The largest absolute Gasteiger partial charge is 0.480 e. The smallest absolute Gasteiger partial charge is 0.408 e. The topological polar surface area (TPSA) is 75.6 Å². The highest BCUT2D eigenvalue weighted by molar-refractivity contribution is 7.99. The average Bonchev–Trinajstić information content (AvgIpc) is 2.58. The Bertz CT molecular complexity index is 464. The summed E-state index contributed by atoms with van der Waals surface area (Å²) < 4.78 is 5.15. The molecular weight excluding hydrogens is 386 g/mol. The molecule has 29 heavy (non-hydrogen) atoms. The van der Waals surface area contributed by atoms with Gasteiger partial charge in [-0.05, 0) is 50.7 Å². The number of carbonyl (C=O) groups is 2. The van der Waals surface area contributed by atoms with Crippen molar-refractivity contribution in [1.29, 1.82) is 0 Å². The number of alkyl carbamates (subject to hydrolysis) is 1. The molecule has 3 unspecified atom stereocenters. The van der Waals surface area contributed by atoms with Crippen LogP contribution in [-0.4, -0.2) is 40.3 Å². The molecule has 0 aliphatic carbocycles. The molecule has 0 fully saturated rings. The summed E-state index contributed by atoms with van der Waals surface area (Å²) >= 11 is 1.59. The summed E-state index contributed by atoms with van der Waals surface area (Å²) in [4.78, 5) is 23.2. The van der Waals surface area contributed by atoms with Gasteiger partial charge in [0.15, 0.2) is 0 Å². The van der Waals surface area contributed by atoms with E-state index in [0.717, 1.165) is 17.6 Å². The molecule has 0 saturated heterocycles. The molecular formula is C23H45NO4S. The van der Waals surface area contributed by atoms with Crippen molar-refractivity contribution in [3.63, 3.8) is 0 Å². The minimum Gasteiger partial charge on any atom is -0.480 e. The van der Waals surface area contributed by atoms with Crippen molar-refractivity contribution in [2.75, 3.05) is 11.5 Å². The van der Waals surface area contributed by atoms with Gasteiger partial charge >= 0.3 is 12.1 Å². The van der Waals surface area contributed by atoms with Crippen LogP contribution in [-0.2, 0) is 9.53 Å². The average molecular weight is 432 g/mol. The fraction of sp³-hybridized carbons (Fsp3) is 0.913. The molecule has 0 aliphatic heterocycles. The van der Waals surface area contributed by atoms with Crippen molar-refractivity contribution in [2.24, 2.45) is 17.8 Å². The molecule has 0 radical (unpaired) electrons. The van der Waals surface area contributed by atoms with Crippen LogP contribution in [0.25, 0.3) is 0 Å². The van der Waals surface area contributed by atoms with Gasteiger partial charge in [-0.2, -0.15) is 11.8 Å². The van der Waals surface area contributed by atoms with E-state index in [2.05, 4.69) is 33.0 Å². The molecule has 0 aromatic rings.